The van der Waals surface area contributed by atoms with Gasteiger partial charge in [-0.05, 0) is 35.8 Å². The Labute approximate surface area is 111 Å². The molecule has 0 atom stereocenters. The summed E-state index contributed by atoms with van der Waals surface area (Å²) in [7, 11) is -3.91. The maximum Gasteiger partial charge on any atom is 0.303 e. The summed E-state index contributed by atoms with van der Waals surface area (Å²) >= 11 is 0. The van der Waals surface area contributed by atoms with Gasteiger partial charge in [0.1, 0.15) is 5.75 Å². The van der Waals surface area contributed by atoms with Crippen molar-refractivity contribution in [2.45, 2.75) is 0 Å². The summed E-state index contributed by atoms with van der Waals surface area (Å²) < 4.78 is 25.1. The number of aromatic hydroxyl groups is 1. The Morgan fingerprint density at radius 3 is 2.37 bits per heavy atom. The molecule has 5 heteroatoms. The van der Waals surface area contributed by atoms with Gasteiger partial charge in [0.25, 0.3) is 0 Å². The lowest BCUT2D eigenvalue weighted by Crippen LogP contribution is -2.09. The number of rotatable bonds is 2. The Bertz CT molecular complexity index is 798. The molecule has 4 nitrogen and oxygen atoms in total. The molecule has 0 unspecified atom stereocenters. The second kappa shape index (κ2) is 6.67. The molecule has 0 heterocycles. The van der Waals surface area contributed by atoms with Crippen LogP contribution in [0, 0.1) is 47.2 Å². The fourth-order valence-electron chi connectivity index (χ4n) is 0.953. The summed E-state index contributed by atoms with van der Waals surface area (Å²) in [5.74, 6) is 12.9. The molecule has 0 bridgehead atoms. The Morgan fingerprint density at radius 1 is 1.05 bits per heavy atom. The lowest BCUT2D eigenvalue weighted by atomic mass is 10.3. The number of phenolic OH excluding ortho intramolecular Hbond substituents is 1. The second-order valence-corrected chi connectivity index (χ2v) is 4.41. The molecular formula is C14H7NO3S. The molecule has 0 aliphatic rings. The van der Waals surface area contributed by atoms with E-state index in [0.29, 0.717) is 0 Å². The van der Waals surface area contributed by atoms with E-state index in [1.807, 2.05) is 11.2 Å². The smallest absolute Gasteiger partial charge is 0.303 e. The predicted octanol–water partition coefficient (Wildman–Crippen LogP) is 0.735. The Morgan fingerprint density at radius 2 is 1.68 bits per heavy atom. The van der Waals surface area contributed by atoms with E-state index in [1.165, 1.54) is 12.1 Å². The third-order valence-corrected chi connectivity index (χ3v) is 2.52. The second-order valence-electron chi connectivity index (χ2n) is 2.99. The molecule has 0 amide bonds. The number of para-hydroxylation sites is 2. The Hall–Kier alpha value is -2.99. The number of benzene rings is 1. The molecule has 0 aromatic heterocycles. The quantitative estimate of drug-likeness (QED) is 0.614. The van der Waals surface area contributed by atoms with Crippen molar-refractivity contribution >= 4 is 15.7 Å². The average molecular weight is 269 g/mol. The van der Waals surface area contributed by atoms with Crippen LogP contribution in [0.25, 0.3) is 0 Å². The van der Waals surface area contributed by atoms with Crippen LogP contribution in [0.3, 0.4) is 0 Å². The standard InChI is InChI=1S/C14H7NO3S/c1-2-3-4-5-6-9-12-19(17,18)15-13-10-7-8-11-14(13)16/h1,7-8,10-11,15-16H. The molecule has 0 aliphatic heterocycles. The summed E-state index contributed by atoms with van der Waals surface area (Å²) in [6, 6.07) is 5.88. The van der Waals surface area contributed by atoms with Crippen molar-refractivity contribution in [2.75, 3.05) is 4.72 Å². The minimum atomic E-state index is -3.91. The number of phenols is 1. The summed E-state index contributed by atoms with van der Waals surface area (Å²) in [4.78, 5) is 0. The first-order valence-corrected chi connectivity index (χ1v) is 6.31. The normalized spacial score (nSPS) is 8.37. The number of sulfonamides is 1. The van der Waals surface area contributed by atoms with Gasteiger partial charge in [0.2, 0.25) is 0 Å². The fraction of sp³-hybridized carbons (Fsp3) is 0. The third kappa shape index (κ3) is 5.24. The predicted molar refractivity (Wildman–Crippen MR) is 72.8 cm³/mol. The van der Waals surface area contributed by atoms with Crippen molar-refractivity contribution in [1.82, 2.24) is 0 Å². The lowest BCUT2D eigenvalue weighted by molar-refractivity contribution is 0.477. The summed E-state index contributed by atoms with van der Waals surface area (Å²) in [6.45, 7) is 0. The van der Waals surface area contributed by atoms with E-state index in [-0.39, 0.29) is 11.4 Å². The van der Waals surface area contributed by atoms with E-state index in [0.717, 1.165) is 0 Å². The number of anilines is 1. The van der Waals surface area contributed by atoms with Gasteiger partial charge in [-0.25, -0.2) is 0 Å². The number of nitrogens with one attached hydrogen (secondary N) is 1. The zero-order valence-corrected chi connectivity index (χ0v) is 10.4. The van der Waals surface area contributed by atoms with Gasteiger partial charge in [-0.2, -0.15) is 8.42 Å². The van der Waals surface area contributed by atoms with Crippen LogP contribution in [-0.4, -0.2) is 13.5 Å². The molecule has 1 rings (SSSR count). The van der Waals surface area contributed by atoms with Gasteiger partial charge in [0, 0.05) is 11.8 Å². The molecule has 0 aliphatic carbocycles. The van der Waals surface area contributed by atoms with Crippen molar-refractivity contribution in [1.29, 1.82) is 0 Å². The van der Waals surface area contributed by atoms with Gasteiger partial charge in [0.05, 0.1) is 10.9 Å². The van der Waals surface area contributed by atoms with Crippen molar-refractivity contribution in [3.8, 4) is 52.9 Å². The molecule has 92 valence electrons. The largest absolute Gasteiger partial charge is 0.506 e. The third-order valence-electron chi connectivity index (χ3n) is 1.66. The maximum absolute atomic E-state index is 11.5. The monoisotopic (exact) mass is 269 g/mol. The highest BCUT2D eigenvalue weighted by atomic mass is 32.2. The number of hydrogen-bond donors (Lipinski definition) is 2. The first-order chi connectivity index (χ1) is 9.05. The molecule has 2 N–H and O–H groups in total. The minimum absolute atomic E-state index is 0.0388. The molecule has 1 aromatic rings. The van der Waals surface area contributed by atoms with Crippen molar-refractivity contribution in [3.05, 3.63) is 24.3 Å². The molecule has 0 spiro atoms. The van der Waals surface area contributed by atoms with E-state index in [9.17, 15) is 13.5 Å². The van der Waals surface area contributed by atoms with E-state index < -0.39 is 10.0 Å². The molecule has 0 fully saturated rings. The zero-order chi connectivity index (χ0) is 14.1. The Kier molecular flexibility index (Phi) is 4.94. The van der Waals surface area contributed by atoms with Gasteiger partial charge in [-0.1, -0.05) is 12.1 Å². The Balaban J connectivity index is 2.84. The van der Waals surface area contributed by atoms with E-state index >= 15 is 0 Å². The van der Waals surface area contributed by atoms with Crippen molar-refractivity contribution in [3.63, 3.8) is 0 Å². The van der Waals surface area contributed by atoms with Crippen LogP contribution in [0.4, 0.5) is 5.69 Å². The summed E-state index contributed by atoms with van der Waals surface area (Å²) in [5, 5.41) is 11.3. The molecule has 0 saturated carbocycles. The molecular weight excluding hydrogens is 262 g/mol. The van der Waals surface area contributed by atoms with Gasteiger partial charge in [0.15, 0.2) is 0 Å². The first-order valence-electron chi connectivity index (χ1n) is 4.83. The van der Waals surface area contributed by atoms with E-state index in [4.69, 9.17) is 6.42 Å². The van der Waals surface area contributed by atoms with Crippen LogP contribution < -0.4 is 4.72 Å². The average Bonchev–Trinajstić information content (AvgIpc) is 2.36. The van der Waals surface area contributed by atoms with Crippen LogP contribution >= 0.6 is 0 Å². The SMILES string of the molecule is C#CC#CC#CC#CS(=O)(=O)Nc1ccccc1O. The van der Waals surface area contributed by atoms with Gasteiger partial charge in [-0.3, -0.25) is 4.72 Å². The van der Waals surface area contributed by atoms with Crippen molar-refractivity contribution < 1.29 is 13.5 Å². The highest BCUT2D eigenvalue weighted by Gasteiger charge is 2.08. The van der Waals surface area contributed by atoms with Crippen LogP contribution in [0.15, 0.2) is 24.3 Å². The first kappa shape index (κ1) is 14.1. The van der Waals surface area contributed by atoms with Crippen molar-refractivity contribution in [2.24, 2.45) is 0 Å². The van der Waals surface area contributed by atoms with E-state index in [2.05, 4.69) is 34.3 Å². The van der Waals surface area contributed by atoms with Crippen LogP contribution in [0.5, 0.6) is 5.75 Å². The molecule has 19 heavy (non-hydrogen) atoms. The van der Waals surface area contributed by atoms with Gasteiger partial charge in [-0.15, -0.1) is 6.42 Å². The maximum atomic E-state index is 11.5. The fourth-order valence-corrected chi connectivity index (χ4v) is 1.65. The molecule has 0 radical (unpaired) electrons. The van der Waals surface area contributed by atoms with Gasteiger partial charge >= 0.3 is 10.0 Å². The van der Waals surface area contributed by atoms with Crippen LogP contribution in [0.1, 0.15) is 0 Å². The zero-order valence-electron chi connectivity index (χ0n) is 9.56. The topological polar surface area (TPSA) is 66.4 Å². The number of terminal acetylenes is 1. The highest BCUT2D eigenvalue weighted by molar-refractivity contribution is 7.97. The summed E-state index contributed by atoms with van der Waals surface area (Å²) in [6.07, 6.45) is 4.86. The van der Waals surface area contributed by atoms with Gasteiger partial charge < -0.3 is 5.11 Å². The molecule has 1 aromatic carbocycles. The summed E-state index contributed by atoms with van der Waals surface area (Å²) in [5.41, 5.74) is 0.0388. The van der Waals surface area contributed by atoms with Crippen LogP contribution in [-0.2, 0) is 10.0 Å². The minimum Gasteiger partial charge on any atom is -0.506 e. The van der Waals surface area contributed by atoms with Crippen LogP contribution in [0.2, 0.25) is 0 Å². The highest BCUT2D eigenvalue weighted by Crippen LogP contribution is 2.22. The lowest BCUT2D eigenvalue weighted by Gasteiger charge is -2.03. The molecule has 0 saturated heterocycles. The number of hydrogen-bond acceptors (Lipinski definition) is 3. The van der Waals surface area contributed by atoms with E-state index in [1.54, 1.807) is 12.1 Å².